The molecular weight excluding hydrogens is 240 g/mol. The molecule has 0 aromatic carbocycles. The van der Waals surface area contributed by atoms with Crippen molar-refractivity contribution in [3.8, 4) is 0 Å². The highest BCUT2D eigenvalue weighted by atomic mass is 16.5. The molecule has 0 aliphatic carbocycles. The Morgan fingerprint density at radius 3 is 2.11 bits per heavy atom. The molecule has 0 amide bonds. The number of hydrogen-bond donors (Lipinski definition) is 1. The minimum Gasteiger partial charge on any atom is -0.464 e. The Hall–Kier alpha value is -0.830. The van der Waals surface area contributed by atoms with Crippen LogP contribution in [0.3, 0.4) is 0 Å². The fraction of sp³-hybridized carbons (Fsp3) is 0.812. The first kappa shape index (κ1) is 18.2. The summed E-state index contributed by atoms with van der Waals surface area (Å²) in [5.74, 6) is -0.517. The van der Waals surface area contributed by atoms with Gasteiger partial charge in [0.1, 0.15) is 6.61 Å². The SMILES string of the molecule is CCC=CCCCCCCCCCCOC(=O)CO. The summed E-state index contributed by atoms with van der Waals surface area (Å²) in [5.41, 5.74) is 0. The van der Waals surface area contributed by atoms with Gasteiger partial charge >= 0.3 is 5.97 Å². The monoisotopic (exact) mass is 270 g/mol. The number of aliphatic hydroxyl groups is 1. The normalized spacial score (nSPS) is 11.1. The molecule has 0 aliphatic heterocycles. The third kappa shape index (κ3) is 15.1. The standard InChI is InChI=1S/C16H30O3/c1-2-3-4-5-6-7-8-9-10-11-12-13-14-19-16(18)15-17/h3-4,17H,2,5-15H2,1H3. The number of hydrogen-bond acceptors (Lipinski definition) is 3. The second kappa shape index (κ2) is 15.2. The highest BCUT2D eigenvalue weighted by molar-refractivity contribution is 5.70. The van der Waals surface area contributed by atoms with E-state index in [1.54, 1.807) is 0 Å². The van der Waals surface area contributed by atoms with Gasteiger partial charge in [0.15, 0.2) is 0 Å². The van der Waals surface area contributed by atoms with Crippen LogP contribution in [0.2, 0.25) is 0 Å². The zero-order valence-corrected chi connectivity index (χ0v) is 12.4. The molecule has 112 valence electrons. The summed E-state index contributed by atoms with van der Waals surface area (Å²) >= 11 is 0. The second-order valence-electron chi connectivity index (χ2n) is 4.88. The van der Waals surface area contributed by atoms with Gasteiger partial charge in [0.05, 0.1) is 6.61 Å². The van der Waals surface area contributed by atoms with Crippen LogP contribution in [-0.2, 0) is 9.53 Å². The number of rotatable bonds is 13. The lowest BCUT2D eigenvalue weighted by atomic mass is 10.1. The molecule has 3 heteroatoms. The third-order valence-electron chi connectivity index (χ3n) is 3.06. The topological polar surface area (TPSA) is 46.5 Å². The maximum atomic E-state index is 10.6. The number of ether oxygens (including phenoxy) is 1. The molecule has 0 fully saturated rings. The predicted molar refractivity (Wildman–Crippen MR) is 79.0 cm³/mol. The molecule has 0 rings (SSSR count). The molecule has 0 aliphatic rings. The van der Waals surface area contributed by atoms with Crippen molar-refractivity contribution in [3.05, 3.63) is 12.2 Å². The van der Waals surface area contributed by atoms with Crippen LogP contribution in [0.15, 0.2) is 12.2 Å². The van der Waals surface area contributed by atoms with Crippen molar-refractivity contribution in [1.29, 1.82) is 0 Å². The van der Waals surface area contributed by atoms with E-state index in [4.69, 9.17) is 9.84 Å². The van der Waals surface area contributed by atoms with E-state index in [0.717, 1.165) is 19.3 Å². The van der Waals surface area contributed by atoms with E-state index in [1.165, 1.54) is 44.9 Å². The fourth-order valence-corrected chi connectivity index (χ4v) is 1.94. The summed E-state index contributed by atoms with van der Waals surface area (Å²) in [7, 11) is 0. The fourth-order valence-electron chi connectivity index (χ4n) is 1.94. The number of allylic oxidation sites excluding steroid dienone is 2. The highest BCUT2D eigenvalue weighted by Gasteiger charge is 1.98. The van der Waals surface area contributed by atoms with E-state index >= 15 is 0 Å². The van der Waals surface area contributed by atoms with Gasteiger partial charge in [0.25, 0.3) is 0 Å². The minimum absolute atomic E-state index is 0.448. The molecular formula is C16H30O3. The second-order valence-corrected chi connectivity index (χ2v) is 4.88. The molecule has 0 unspecified atom stereocenters. The van der Waals surface area contributed by atoms with Gasteiger partial charge in [0.2, 0.25) is 0 Å². The van der Waals surface area contributed by atoms with Crippen LogP contribution in [0.5, 0.6) is 0 Å². The van der Waals surface area contributed by atoms with Gasteiger partial charge in [-0.15, -0.1) is 0 Å². The molecule has 19 heavy (non-hydrogen) atoms. The van der Waals surface area contributed by atoms with Gasteiger partial charge < -0.3 is 9.84 Å². The number of carbonyl (C=O) groups excluding carboxylic acids is 1. The van der Waals surface area contributed by atoms with E-state index < -0.39 is 12.6 Å². The Balaban J connectivity index is 3.03. The molecule has 3 nitrogen and oxygen atoms in total. The van der Waals surface area contributed by atoms with Gasteiger partial charge in [-0.05, 0) is 25.7 Å². The lowest BCUT2D eigenvalue weighted by molar-refractivity contribution is -0.147. The molecule has 0 saturated heterocycles. The zero-order chi connectivity index (χ0) is 14.2. The number of unbranched alkanes of at least 4 members (excludes halogenated alkanes) is 8. The third-order valence-corrected chi connectivity index (χ3v) is 3.06. The summed E-state index contributed by atoms with van der Waals surface area (Å²) in [5, 5.41) is 8.45. The number of aliphatic hydroxyl groups excluding tert-OH is 1. The molecule has 0 aromatic rings. The Kier molecular flexibility index (Phi) is 14.6. The van der Waals surface area contributed by atoms with Crippen LogP contribution >= 0.6 is 0 Å². The Morgan fingerprint density at radius 1 is 0.947 bits per heavy atom. The van der Waals surface area contributed by atoms with Gasteiger partial charge in [-0.2, -0.15) is 0 Å². The van der Waals surface area contributed by atoms with Crippen molar-refractivity contribution in [1.82, 2.24) is 0 Å². The Labute approximate surface area is 118 Å². The predicted octanol–water partition coefficient (Wildman–Crippen LogP) is 4.00. The van der Waals surface area contributed by atoms with Gasteiger partial charge in [-0.3, -0.25) is 0 Å². The largest absolute Gasteiger partial charge is 0.464 e. The molecule has 1 N–H and O–H groups in total. The molecule has 0 radical (unpaired) electrons. The van der Waals surface area contributed by atoms with Crippen molar-refractivity contribution >= 4 is 5.97 Å². The summed E-state index contributed by atoms with van der Waals surface area (Å²) in [6.45, 7) is 2.11. The van der Waals surface area contributed by atoms with Crippen molar-refractivity contribution in [3.63, 3.8) is 0 Å². The molecule has 0 saturated carbocycles. The average Bonchev–Trinajstić information content (AvgIpc) is 2.43. The highest BCUT2D eigenvalue weighted by Crippen LogP contribution is 2.10. The van der Waals surface area contributed by atoms with Gasteiger partial charge in [-0.1, -0.05) is 57.6 Å². The van der Waals surface area contributed by atoms with Crippen LogP contribution in [0.1, 0.15) is 71.1 Å². The van der Waals surface area contributed by atoms with E-state index in [1.807, 2.05) is 0 Å². The first-order chi connectivity index (χ1) is 9.31. The van der Waals surface area contributed by atoms with Crippen LogP contribution in [0, 0.1) is 0 Å². The molecule has 0 spiro atoms. The van der Waals surface area contributed by atoms with Crippen LogP contribution in [-0.4, -0.2) is 24.3 Å². The Morgan fingerprint density at radius 2 is 1.53 bits per heavy atom. The summed E-state index contributed by atoms with van der Waals surface area (Å²) in [4.78, 5) is 10.6. The lowest BCUT2D eigenvalue weighted by Gasteiger charge is -2.03. The van der Waals surface area contributed by atoms with Crippen molar-refractivity contribution in [2.24, 2.45) is 0 Å². The van der Waals surface area contributed by atoms with Gasteiger partial charge in [0, 0.05) is 0 Å². The van der Waals surface area contributed by atoms with Crippen LogP contribution in [0.25, 0.3) is 0 Å². The van der Waals surface area contributed by atoms with Crippen LogP contribution in [0.4, 0.5) is 0 Å². The van der Waals surface area contributed by atoms with E-state index in [-0.39, 0.29) is 0 Å². The molecule has 0 heterocycles. The zero-order valence-electron chi connectivity index (χ0n) is 12.4. The minimum atomic E-state index is -0.517. The Bertz CT molecular complexity index is 224. The lowest BCUT2D eigenvalue weighted by Crippen LogP contribution is -2.09. The summed E-state index contributed by atoms with van der Waals surface area (Å²) in [6, 6.07) is 0. The molecule has 0 bridgehead atoms. The average molecular weight is 270 g/mol. The van der Waals surface area contributed by atoms with Crippen molar-refractivity contribution in [2.75, 3.05) is 13.2 Å². The first-order valence-corrected chi connectivity index (χ1v) is 7.72. The number of carbonyl (C=O) groups is 1. The number of esters is 1. The van der Waals surface area contributed by atoms with E-state index in [0.29, 0.717) is 6.61 Å². The molecule has 0 aromatic heterocycles. The maximum absolute atomic E-state index is 10.6. The van der Waals surface area contributed by atoms with Crippen molar-refractivity contribution in [2.45, 2.75) is 71.1 Å². The summed E-state index contributed by atoms with van der Waals surface area (Å²) < 4.78 is 4.79. The van der Waals surface area contributed by atoms with E-state index in [9.17, 15) is 4.79 Å². The van der Waals surface area contributed by atoms with Gasteiger partial charge in [-0.25, -0.2) is 4.79 Å². The van der Waals surface area contributed by atoms with Crippen molar-refractivity contribution < 1.29 is 14.6 Å². The summed E-state index contributed by atoms with van der Waals surface area (Å²) in [6.07, 6.45) is 16.7. The quantitative estimate of drug-likeness (QED) is 0.312. The maximum Gasteiger partial charge on any atom is 0.331 e. The molecule has 0 atom stereocenters. The smallest absolute Gasteiger partial charge is 0.331 e. The first-order valence-electron chi connectivity index (χ1n) is 7.72. The van der Waals surface area contributed by atoms with E-state index in [2.05, 4.69) is 19.1 Å². The van der Waals surface area contributed by atoms with Crippen LogP contribution < -0.4 is 0 Å².